The number of aliphatic hydroxyl groups is 3. The number of allylic oxidation sites excluding steroid dienone is 4. The smallest absolute Gasteiger partial charge is 0.164 e. The third-order valence-electron chi connectivity index (χ3n) is 4.45. The Labute approximate surface area is 154 Å². The monoisotopic (exact) mass is 373 g/mol. The Hall–Kier alpha value is -1.97. The molecule has 2 aromatic rings. The van der Waals surface area contributed by atoms with Crippen LogP contribution < -0.4 is 0 Å². The summed E-state index contributed by atoms with van der Waals surface area (Å²) < 4.78 is 7.28. The van der Waals surface area contributed by atoms with Crippen molar-refractivity contribution in [1.29, 1.82) is 0 Å². The van der Waals surface area contributed by atoms with E-state index in [1.54, 1.807) is 22.5 Å². The fourth-order valence-corrected chi connectivity index (χ4v) is 4.09. The van der Waals surface area contributed by atoms with Gasteiger partial charge in [0.2, 0.25) is 0 Å². The highest BCUT2D eigenvalue weighted by molar-refractivity contribution is 8.00. The maximum atomic E-state index is 10.3. The van der Waals surface area contributed by atoms with E-state index in [1.807, 2.05) is 30.4 Å². The van der Waals surface area contributed by atoms with Crippen LogP contribution in [0.2, 0.25) is 0 Å². The summed E-state index contributed by atoms with van der Waals surface area (Å²) in [6.45, 7) is -0.363. The van der Waals surface area contributed by atoms with Crippen molar-refractivity contribution < 1.29 is 20.1 Å². The number of rotatable bonds is 4. The SMILES string of the molecule is OC[C@H]1O[C@@H](n2ccc3c(SC4C=CC=CC=C4)ncnc32)[C@H](O)[C@@H]1O. The number of hydrogen-bond donors (Lipinski definition) is 3. The van der Waals surface area contributed by atoms with E-state index in [4.69, 9.17) is 4.74 Å². The van der Waals surface area contributed by atoms with Crippen molar-refractivity contribution >= 4 is 22.8 Å². The normalized spacial score (nSPS) is 28.9. The van der Waals surface area contributed by atoms with Crippen molar-refractivity contribution in [3.05, 3.63) is 55.0 Å². The summed E-state index contributed by atoms with van der Waals surface area (Å²) in [6, 6.07) is 1.87. The lowest BCUT2D eigenvalue weighted by atomic mass is 10.1. The first kappa shape index (κ1) is 17.4. The van der Waals surface area contributed by atoms with Gasteiger partial charge in [-0.3, -0.25) is 0 Å². The lowest BCUT2D eigenvalue weighted by Gasteiger charge is -2.17. The molecule has 0 saturated carbocycles. The molecule has 1 fully saturated rings. The topological polar surface area (TPSA) is 101 Å². The third kappa shape index (κ3) is 3.10. The molecule has 2 aromatic heterocycles. The number of fused-ring (bicyclic) bond motifs is 1. The van der Waals surface area contributed by atoms with Crippen molar-refractivity contribution in [2.24, 2.45) is 0 Å². The van der Waals surface area contributed by atoms with Gasteiger partial charge in [-0.15, -0.1) is 0 Å². The van der Waals surface area contributed by atoms with Crippen LogP contribution in [0.3, 0.4) is 0 Å². The zero-order chi connectivity index (χ0) is 18.1. The second-order valence-corrected chi connectivity index (χ2v) is 7.27. The molecule has 0 radical (unpaired) electrons. The van der Waals surface area contributed by atoms with Gasteiger partial charge in [-0.05, 0) is 6.07 Å². The molecule has 1 saturated heterocycles. The van der Waals surface area contributed by atoms with E-state index >= 15 is 0 Å². The molecule has 26 heavy (non-hydrogen) atoms. The average molecular weight is 373 g/mol. The lowest BCUT2D eigenvalue weighted by molar-refractivity contribution is -0.0508. The van der Waals surface area contributed by atoms with Crippen LogP contribution in [-0.4, -0.2) is 60.0 Å². The Morgan fingerprint density at radius 1 is 1.08 bits per heavy atom. The summed E-state index contributed by atoms with van der Waals surface area (Å²) in [7, 11) is 0. The summed E-state index contributed by atoms with van der Waals surface area (Å²) >= 11 is 1.60. The van der Waals surface area contributed by atoms with Crippen LogP contribution in [0.4, 0.5) is 0 Å². The van der Waals surface area contributed by atoms with E-state index in [1.165, 1.54) is 6.33 Å². The van der Waals surface area contributed by atoms with Crippen molar-refractivity contribution in [2.75, 3.05) is 6.61 Å². The molecule has 8 heteroatoms. The van der Waals surface area contributed by atoms with Crippen LogP contribution in [0.5, 0.6) is 0 Å². The lowest BCUT2D eigenvalue weighted by Crippen LogP contribution is -2.33. The summed E-state index contributed by atoms with van der Waals surface area (Å²) in [6.07, 6.45) is 11.4. The second kappa shape index (κ2) is 7.34. The highest BCUT2D eigenvalue weighted by Crippen LogP contribution is 2.35. The van der Waals surface area contributed by atoms with Crippen molar-refractivity contribution in [3.63, 3.8) is 0 Å². The van der Waals surface area contributed by atoms with Gasteiger partial charge in [0, 0.05) is 11.4 Å². The number of aliphatic hydroxyl groups excluding tert-OH is 3. The predicted molar refractivity (Wildman–Crippen MR) is 97.6 cm³/mol. The number of aromatic nitrogens is 3. The molecule has 1 aliphatic carbocycles. The highest BCUT2D eigenvalue weighted by atomic mass is 32.2. The van der Waals surface area contributed by atoms with E-state index in [9.17, 15) is 15.3 Å². The number of thioether (sulfide) groups is 1. The molecule has 0 spiro atoms. The first-order chi connectivity index (χ1) is 12.7. The first-order valence-electron chi connectivity index (χ1n) is 8.31. The van der Waals surface area contributed by atoms with E-state index in [0.717, 1.165) is 10.4 Å². The van der Waals surface area contributed by atoms with Crippen LogP contribution in [0, 0.1) is 0 Å². The number of nitrogens with zero attached hydrogens (tertiary/aromatic N) is 3. The summed E-state index contributed by atoms with van der Waals surface area (Å²) in [4.78, 5) is 8.72. The molecule has 4 atom stereocenters. The molecule has 3 heterocycles. The maximum Gasteiger partial charge on any atom is 0.164 e. The Morgan fingerprint density at radius 2 is 1.85 bits per heavy atom. The van der Waals surface area contributed by atoms with Crippen LogP contribution in [0.25, 0.3) is 11.0 Å². The van der Waals surface area contributed by atoms with Crippen molar-refractivity contribution in [2.45, 2.75) is 34.8 Å². The van der Waals surface area contributed by atoms with Gasteiger partial charge in [0.1, 0.15) is 35.3 Å². The quantitative estimate of drug-likeness (QED) is 0.692. The molecule has 0 amide bonds. The molecule has 4 rings (SSSR count). The largest absolute Gasteiger partial charge is 0.394 e. The van der Waals surface area contributed by atoms with Crippen LogP contribution in [-0.2, 0) is 4.74 Å². The van der Waals surface area contributed by atoms with Gasteiger partial charge in [-0.2, -0.15) is 0 Å². The molecule has 0 bridgehead atoms. The number of hydrogen-bond acceptors (Lipinski definition) is 7. The summed E-state index contributed by atoms with van der Waals surface area (Å²) in [5.74, 6) is 0. The Morgan fingerprint density at radius 3 is 2.54 bits per heavy atom. The fraction of sp³-hybridized carbons (Fsp3) is 0.333. The summed E-state index contributed by atoms with van der Waals surface area (Å²) in [5, 5.41) is 31.4. The minimum Gasteiger partial charge on any atom is -0.394 e. The molecule has 0 aromatic carbocycles. The van der Waals surface area contributed by atoms with Crippen LogP contribution in [0.1, 0.15) is 6.23 Å². The zero-order valence-corrected chi connectivity index (χ0v) is 14.6. The third-order valence-corrected chi connectivity index (χ3v) is 5.58. The molecule has 136 valence electrons. The second-order valence-electron chi connectivity index (χ2n) is 6.11. The van der Waals surface area contributed by atoms with Gasteiger partial charge in [-0.25, -0.2) is 9.97 Å². The van der Waals surface area contributed by atoms with Gasteiger partial charge >= 0.3 is 0 Å². The van der Waals surface area contributed by atoms with E-state index in [0.29, 0.717) is 5.65 Å². The predicted octanol–water partition coefficient (Wildman–Crippen LogP) is 1.19. The minimum absolute atomic E-state index is 0.153. The fourth-order valence-electron chi connectivity index (χ4n) is 3.10. The van der Waals surface area contributed by atoms with Crippen molar-refractivity contribution in [1.82, 2.24) is 14.5 Å². The van der Waals surface area contributed by atoms with E-state index < -0.39 is 24.5 Å². The van der Waals surface area contributed by atoms with Crippen LogP contribution >= 0.6 is 11.8 Å². The van der Waals surface area contributed by atoms with Gasteiger partial charge in [0.25, 0.3) is 0 Å². The van der Waals surface area contributed by atoms with Crippen molar-refractivity contribution in [3.8, 4) is 0 Å². The Bertz CT molecular complexity index is 862. The standard InChI is InChI=1S/C18H19N3O4S/c22-9-13-14(23)15(24)18(25-13)21-8-7-12-16(21)19-10-20-17(12)26-11-5-3-1-2-4-6-11/h1-8,10-11,13-15,18,22-24H,9H2/t13-,14-,15-,18-/m1/s1. The molecule has 1 aliphatic heterocycles. The minimum atomic E-state index is -1.15. The molecule has 3 N–H and O–H groups in total. The maximum absolute atomic E-state index is 10.3. The van der Waals surface area contributed by atoms with Gasteiger partial charge < -0.3 is 24.6 Å². The average Bonchev–Trinajstić information content (AvgIpc) is 3.08. The van der Waals surface area contributed by atoms with Gasteiger partial charge in [0.15, 0.2) is 6.23 Å². The zero-order valence-electron chi connectivity index (χ0n) is 13.8. The van der Waals surface area contributed by atoms with Gasteiger partial charge in [0.05, 0.1) is 12.0 Å². The molecule has 7 nitrogen and oxygen atoms in total. The first-order valence-corrected chi connectivity index (χ1v) is 9.19. The summed E-state index contributed by atoms with van der Waals surface area (Å²) in [5.41, 5.74) is 0.608. The Balaban J connectivity index is 1.65. The van der Waals surface area contributed by atoms with Gasteiger partial charge in [-0.1, -0.05) is 48.2 Å². The van der Waals surface area contributed by atoms with Crippen LogP contribution in [0.15, 0.2) is 60.1 Å². The molecule has 0 unspecified atom stereocenters. The van der Waals surface area contributed by atoms with E-state index in [2.05, 4.69) is 22.1 Å². The molecular formula is C18H19N3O4S. The molecule has 2 aliphatic rings. The molecular weight excluding hydrogens is 354 g/mol. The number of ether oxygens (including phenoxy) is 1. The highest BCUT2D eigenvalue weighted by Gasteiger charge is 2.43. The van der Waals surface area contributed by atoms with E-state index in [-0.39, 0.29) is 11.9 Å². The Kier molecular flexibility index (Phi) is 4.92.